The Morgan fingerprint density at radius 2 is 2.00 bits per heavy atom. The van der Waals surface area contributed by atoms with Crippen molar-refractivity contribution in [1.29, 1.82) is 0 Å². The molecule has 0 fully saturated rings. The van der Waals surface area contributed by atoms with Crippen LogP contribution in [0.3, 0.4) is 0 Å². The maximum atomic E-state index is 12.1. The van der Waals surface area contributed by atoms with E-state index in [9.17, 15) is 4.79 Å². The predicted molar refractivity (Wildman–Crippen MR) is 81.5 cm³/mol. The van der Waals surface area contributed by atoms with Crippen LogP contribution in [0.1, 0.15) is 58.9 Å². The Morgan fingerprint density at radius 3 is 2.53 bits per heavy atom. The molecule has 0 aromatic carbocycles. The van der Waals surface area contributed by atoms with Gasteiger partial charge in [-0.3, -0.25) is 4.79 Å². The van der Waals surface area contributed by atoms with Gasteiger partial charge in [0, 0.05) is 29.0 Å². The fourth-order valence-electron chi connectivity index (χ4n) is 1.88. The number of aromatic nitrogens is 1. The summed E-state index contributed by atoms with van der Waals surface area (Å²) in [5.41, 5.74) is -0.278. The van der Waals surface area contributed by atoms with Gasteiger partial charge in [-0.1, -0.05) is 34.6 Å². The summed E-state index contributed by atoms with van der Waals surface area (Å²) < 4.78 is 0. The summed E-state index contributed by atoms with van der Waals surface area (Å²) in [6, 6.07) is 0. The highest BCUT2D eigenvalue weighted by atomic mass is 32.1. The van der Waals surface area contributed by atoms with Crippen LogP contribution in [0.15, 0.2) is 11.6 Å². The minimum Gasteiger partial charge on any atom is -0.356 e. The molecule has 1 aromatic rings. The van der Waals surface area contributed by atoms with Crippen LogP contribution in [0, 0.1) is 5.41 Å². The zero-order valence-electron chi connectivity index (χ0n) is 12.7. The van der Waals surface area contributed by atoms with Crippen molar-refractivity contribution < 1.29 is 4.79 Å². The minimum atomic E-state index is -0.316. The molecule has 19 heavy (non-hydrogen) atoms. The molecule has 0 saturated carbocycles. The number of nitrogens with one attached hydrogen (secondary N) is 1. The molecule has 0 spiro atoms. The van der Waals surface area contributed by atoms with Crippen molar-refractivity contribution >= 4 is 17.2 Å². The van der Waals surface area contributed by atoms with Gasteiger partial charge in [-0.25, -0.2) is 4.98 Å². The van der Waals surface area contributed by atoms with Gasteiger partial charge in [0.25, 0.3) is 0 Å². The second kappa shape index (κ2) is 6.51. The topological polar surface area (TPSA) is 42.0 Å². The number of nitrogens with zero attached hydrogens (tertiary/aromatic N) is 1. The van der Waals surface area contributed by atoms with Crippen molar-refractivity contribution in [1.82, 2.24) is 10.3 Å². The lowest BCUT2D eigenvalue weighted by molar-refractivity contribution is -0.129. The van der Waals surface area contributed by atoms with E-state index >= 15 is 0 Å². The van der Waals surface area contributed by atoms with Crippen molar-refractivity contribution in [2.75, 3.05) is 6.54 Å². The summed E-state index contributed by atoms with van der Waals surface area (Å²) in [6.07, 6.45) is 4.66. The molecule has 0 aliphatic rings. The standard InChI is InChI=1S/C15H26N2OS/c1-6-9-16-12(18)14(2,3)7-8-15(4,5)13-17-10-11-19-13/h10-11H,6-9H2,1-5H3,(H,16,18). The van der Waals surface area contributed by atoms with Crippen LogP contribution in [0.25, 0.3) is 0 Å². The molecule has 1 rings (SSSR count). The summed E-state index contributed by atoms with van der Waals surface area (Å²) in [7, 11) is 0. The fraction of sp³-hybridized carbons (Fsp3) is 0.733. The first-order valence-corrected chi connectivity index (χ1v) is 7.86. The summed E-state index contributed by atoms with van der Waals surface area (Å²) in [4.78, 5) is 16.5. The number of carbonyl (C=O) groups excluding carboxylic acids is 1. The number of hydrogen-bond acceptors (Lipinski definition) is 3. The van der Waals surface area contributed by atoms with Crippen LogP contribution >= 0.6 is 11.3 Å². The highest BCUT2D eigenvalue weighted by Crippen LogP contribution is 2.34. The molecule has 0 aliphatic carbocycles. The van der Waals surface area contributed by atoms with Gasteiger partial charge >= 0.3 is 0 Å². The third-order valence-corrected chi connectivity index (χ3v) is 4.68. The van der Waals surface area contributed by atoms with E-state index in [0.29, 0.717) is 0 Å². The SMILES string of the molecule is CCCNC(=O)C(C)(C)CCC(C)(C)c1nccs1. The number of hydrogen-bond donors (Lipinski definition) is 1. The molecule has 1 N–H and O–H groups in total. The van der Waals surface area contributed by atoms with E-state index in [1.807, 2.05) is 25.4 Å². The minimum absolute atomic E-state index is 0.0382. The molecule has 0 aliphatic heterocycles. The first kappa shape index (κ1) is 16.2. The van der Waals surface area contributed by atoms with Gasteiger partial charge in [-0.2, -0.15) is 0 Å². The van der Waals surface area contributed by atoms with E-state index in [4.69, 9.17) is 0 Å². The van der Waals surface area contributed by atoms with E-state index in [2.05, 4.69) is 31.1 Å². The Balaban J connectivity index is 2.57. The van der Waals surface area contributed by atoms with Crippen LogP contribution in [0.4, 0.5) is 0 Å². The number of rotatable bonds is 7. The second-order valence-electron chi connectivity index (χ2n) is 6.36. The summed E-state index contributed by atoms with van der Waals surface area (Å²) in [5, 5.41) is 6.15. The van der Waals surface area contributed by atoms with E-state index in [1.165, 1.54) is 0 Å². The van der Waals surface area contributed by atoms with Crippen molar-refractivity contribution in [3.8, 4) is 0 Å². The fourth-order valence-corrected chi connectivity index (χ4v) is 2.67. The lowest BCUT2D eigenvalue weighted by Crippen LogP contribution is -2.38. The van der Waals surface area contributed by atoms with E-state index in [1.54, 1.807) is 11.3 Å². The lowest BCUT2D eigenvalue weighted by atomic mass is 9.78. The van der Waals surface area contributed by atoms with Crippen LogP contribution in [0.2, 0.25) is 0 Å². The third-order valence-electron chi connectivity index (χ3n) is 3.54. The molecular weight excluding hydrogens is 256 g/mol. The van der Waals surface area contributed by atoms with Crippen LogP contribution in [0.5, 0.6) is 0 Å². The second-order valence-corrected chi connectivity index (χ2v) is 7.26. The summed E-state index contributed by atoms with van der Waals surface area (Å²) in [5.74, 6) is 0.157. The van der Waals surface area contributed by atoms with Gasteiger partial charge in [0.15, 0.2) is 0 Å². The molecule has 4 heteroatoms. The molecule has 0 radical (unpaired) electrons. The first-order valence-electron chi connectivity index (χ1n) is 6.98. The Labute approximate surface area is 120 Å². The van der Waals surface area contributed by atoms with Crippen molar-refractivity contribution in [2.24, 2.45) is 5.41 Å². The highest BCUT2D eigenvalue weighted by molar-refractivity contribution is 7.09. The molecule has 3 nitrogen and oxygen atoms in total. The Hall–Kier alpha value is -0.900. The highest BCUT2D eigenvalue weighted by Gasteiger charge is 2.31. The van der Waals surface area contributed by atoms with Crippen molar-refractivity contribution in [3.63, 3.8) is 0 Å². The Kier molecular flexibility index (Phi) is 5.53. The summed E-state index contributed by atoms with van der Waals surface area (Å²) >= 11 is 1.69. The molecule has 1 amide bonds. The van der Waals surface area contributed by atoms with Gasteiger partial charge in [0.1, 0.15) is 0 Å². The van der Waals surface area contributed by atoms with E-state index in [0.717, 1.165) is 30.8 Å². The van der Waals surface area contributed by atoms with Crippen molar-refractivity contribution in [2.45, 2.75) is 59.3 Å². The molecule has 0 saturated heterocycles. The molecule has 0 bridgehead atoms. The quantitative estimate of drug-likeness (QED) is 0.827. The monoisotopic (exact) mass is 282 g/mol. The molecule has 1 heterocycles. The van der Waals surface area contributed by atoms with Crippen LogP contribution in [-0.2, 0) is 10.2 Å². The molecule has 108 valence electrons. The van der Waals surface area contributed by atoms with Gasteiger partial charge in [0.05, 0.1) is 5.01 Å². The molecule has 1 aromatic heterocycles. The lowest BCUT2D eigenvalue weighted by Gasteiger charge is -2.29. The molecule has 0 unspecified atom stereocenters. The first-order chi connectivity index (χ1) is 8.79. The van der Waals surface area contributed by atoms with Crippen LogP contribution in [-0.4, -0.2) is 17.4 Å². The number of amides is 1. The zero-order valence-corrected chi connectivity index (χ0v) is 13.6. The van der Waals surface area contributed by atoms with E-state index in [-0.39, 0.29) is 16.7 Å². The number of thiazole rings is 1. The largest absolute Gasteiger partial charge is 0.356 e. The van der Waals surface area contributed by atoms with Crippen LogP contribution < -0.4 is 5.32 Å². The van der Waals surface area contributed by atoms with Gasteiger partial charge in [0.2, 0.25) is 5.91 Å². The van der Waals surface area contributed by atoms with Gasteiger partial charge in [-0.05, 0) is 19.3 Å². The maximum Gasteiger partial charge on any atom is 0.225 e. The van der Waals surface area contributed by atoms with E-state index < -0.39 is 0 Å². The Bertz CT molecular complexity index is 396. The third kappa shape index (κ3) is 4.60. The smallest absolute Gasteiger partial charge is 0.225 e. The zero-order chi connectivity index (χ0) is 14.5. The average Bonchev–Trinajstić information content (AvgIpc) is 2.88. The summed E-state index contributed by atoms with van der Waals surface area (Å²) in [6.45, 7) is 11.3. The Morgan fingerprint density at radius 1 is 1.32 bits per heavy atom. The van der Waals surface area contributed by atoms with Crippen molar-refractivity contribution in [3.05, 3.63) is 16.6 Å². The average molecular weight is 282 g/mol. The van der Waals surface area contributed by atoms with Gasteiger partial charge in [-0.15, -0.1) is 11.3 Å². The normalized spacial score (nSPS) is 12.5. The van der Waals surface area contributed by atoms with Gasteiger partial charge < -0.3 is 5.32 Å². The molecule has 0 atom stereocenters. The predicted octanol–water partition coefficient (Wildman–Crippen LogP) is 3.75. The molecular formula is C15H26N2OS. The number of carbonyl (C=O) groups is 1. The maximum absolute atomic E-state index is 12.1.